The van der Waals surface area contributed by atoms with Crippen molar-refractivity contribution in [1.82, 2.24) is 24.8 Å². The molecule has 3 heterocycles. The van der Waals surface area contributed by atoms with Gasteiger partial charge in [0.1, 0.15) is 0 Å². The first-order valence-electron chi connectivity index (χ1n) is 11.3. The van der Waals surface area contributed by atoms with E-state index in [1.54, 1.807) is 24.3 Å². The van der Waals surface area contributed by atoms with Gasteiger partial charge in [-0.25, -0.2) is 0 Å². The van der Waals surface area contributed by atoms with E-state index in [1.165, 1.54) is 0 Å². The van der Waals surface area contributed by atoms with E-state index < -0.39 is 0 Å². The highest BCUT2D eigenvalue weighted by Gasteiger charge is 2.24. The maximum atomic E-state index is 12.6. The minimum atomic E-state index is 0.0241. The highest BCUT2D eigenvalue weighted by molar-refractivity contribution is 6.30. The standard InChI is InChI=1S/C23H30ClN5O3/c1-17-8-10-28(11-9-17)22(30)7-6-21-25-20(26-32-21)16-27-12-14-29(15-13-27)23(31)18-2-4-19(24)5-3-18/h2-5,17H,6-16H2,1H3. The van der Waals surface area contributed by atoms with Crippen molar-refractivity contribution in [2.75, 3.05) is 39.3 Å². The van der Waals surface area contributed by atoms with Crippen LogP contribution in [0.3, 0.4) is 0 Å². The van der Waals surface area contributed by atoms with E-state index in [0.29, 0.717) is 60.7 Å². The highest BCUT2D eigenvalue weighted by atomic mass is 35.5. The number of hydrogen-bond donors (Lipinski definition) is 0. The van der Waals surface area contributed by atoms with E-state index in [9.17, 15) is 9.59 Å². The number of likely N-dealkylation sites (tertiary alicyclic amines) is 1. The number of benzene rings is 1. The molecule has 2 saturated heterocycles. The molecule has 0 radical (unpaired) electrons. The van der Waals surface area contributed by atoms with Crippen LogP contribution in [-0.2, 0) is 17.8 Å². The number of piperazine rings is 1. The van der Waals surface area contributed by atoms with Gasteiger partial charge in [0.2, 0.25) is 11.8 Å². The summed E-state index contributed by atoms with van der Waals surface area (Å²) in [5.41, 5.74) is 0.652. The van der Waals surface area contributed by atoms with Crippen LogP contribution in [0, 0.1) is 5.92 Å². The zero-order chi connectivity index (χ0) is 22.5. The predicted molar refractivity (Wildman–Crippen MR) is 120 cm³/mol. The number of hydrogen-bond acceptors (Lipinski definition) is 6. The normalized spacial score (nSPS) is 18.2. The molecule has 8 nitrogen and oxygen atoms in total. The molecule has 2 fully saturated rings. The SMILES string of the molecule is CC1CCN(C(=O)CCc2nc(CN3CCN(C(=O)c4ccc(Cl)cc4)CC3)no2)CC1. The molecule has 1 aromatic heterocycles. The van der Waals surface area contributed by atoms with E-state index in [0.717, 1.165) is 39.0 Å². The predicted octanol–water partition coefficient (Wildman–Crippen LogP) is 2.87. The fourth-order valence-corrected chi connectivity index (χ4v) is 4.30. The number of aryl methyl sites for hydroxylation is 1. The Balaban J connectivity index is 1.20. The van der Waals surface area contributed by atoms with Gasteiger partial charge in [0.15, 0.2) is 5.82 Å². The van der Waals surface area contributed by atoms with E-state index in [1.807, 2.05) is 9.80 Å². The van der Waals surface area contributed by atoms with Gasteiger partial charge >= 0.3 is 0 Å². The molecule has 0 bridgehead atoms. The number of carbonyl (C=O) groups is 2. The third-order valence-electron chi connectivity index (χ3n) is 6.31. The van der Waals surface area contributed by atoms with Crippen LogP contribution in [0.4, 0.5) is 0 Å². The molecule has 2 aliphatic heterocycles. The van der Waals surface area contributed by atoms with Crippen LogP contribution >= 0.6 is 11.6 Å². The third kappa shape index (κ3) is 5.86. The van der Waals surface area contributed by atoms with Gasteiger partial charge in [0.25, 0.3) is 5.91 Å². The fraction of sp³-hybridized carbons (Fsp3) is 0.565. The molecule has 0 spiro atoms. The van der Waals surface area contributed by atoms with Crippen LogP contribution in [0.1, 0.15) is 48.3 Å². The van der Waals surface area contributed by atoms with Gasteiger partial charge in [-0.15, -0.1) is 0 Å². The maximum absolute atomic E-state index is 12.6. The molecule has 9 heteroatoms. The second-order valence-electron chi connectivity index (χ2n) is 8.74. The molecule has 0 N–H and O–H groups in total. The lowest BCUT2D eigenvalue weighted by molar-refractivity contribution is -0.132. The summed E-state index contributed by atoms with van der Waals surface area (Å²) >= 11 is 5.91. The molecule has 4 rings (SSSR count). The van der Waals surface area contributed by atoms with Crippen LogP contribution in [0.15, 0.2) is 28.8 Å². The van der Waals surface area contributed by atoms with Crippen molar-refractivity contribution >= 4 is 23.4 Å². The number of amides is 2. The molecule has 0 unspecified atom stereocenters. The molecule has 2 aliphatic rings. The molecular weight excluding hydrogens is 430 g/mol. The molecule has 2 amide bonds. The van der Waals surface area contributed by atoms with Crippen molar-refractivity contribution in [1.29, 1.82) is 0 Å². The minimum absolute atomic E-state index is 0.0241. The van der Waals surface area contributed by atoms with Crippen LogP contribution in [0.2, 0.25) is 5.02 Å². The first-order chi connectivity index (χ1) is 15.5. The summed E-state index contributed by atoms with van der Waals surface area (Å²) in [5.74, 6) is 2.02. The molecular formula is C23H30ClN5O3. The Hall–Kier alpha value is -2.45. The molecule has 1 aromatic carbocycles. The van der Waals surface area contributed by atoms with E-state index in [4.69, 9.17) is 16.1 Å². The minimum Gasteiger partial charge on any atom is -0.343 e. The number of piperidine rings is 1. The van der Waals surface area contributed by atoms with Crippen molar-refractivity contribution < 1.29 is 14.1 Å². The Labute approximate surface area is 193 Å². The average Bonchev–Trinajstić information content (AvgIpc) is 3.26. The van der Waals surface area contributed by atoms with Crippen LogP contribution in [0.25, 0.3) is 0 Å². The monoisotopic (exact) mass is 459 g/mol. The van der Waals surface area contributed by atoms with Crippen molar-refractivity contribution in [2.24, 2.45) is 5.92 Å². The molecule has 2 aromatic rings. The molecule has 32 heavy (non-hydrogen) atoms. The Morgan fingerprint density at radius 2 is 1.72 bits per heavy atom. The maximum Gasteiger partial charge on any atom is 0.253 e. The third-order valence-corrected chi connectivity index (χ3v) is 6.57. The lowest BCUT2D eigenvalue weighted by atomic mass is 9.99. The van der Waals surface area contributed by atoms with Gasteiger partial charge in [-0.05, 0) is 43.0 Å². The molecule has 0 saturated carbocycles. The highest BCUT2D eigenvalue weighted by Crippen LogP contribution is 2.17. The van der Waals surface area contributed by atoms with E-state index in [-0.39, 0.29) is 11.8 Å². The second kappa shape index (κ2) is 10.4. The van der Waals surface area contributed by atoms with Crippen LogP contribution in [0.5, 0.6) is 0 Å². The summed E-state index contributed by atoms with van der Waals surface area (Å²) < 4.78 is 5.35. The van der Waals surface area contributed by atoms with Crippen molar-refractivity contribution in [3.05, 3.63) is 46.6 Å². The van der Waals surface area contributed by atoms with Crippen LogP contribution < -0.4 is 0 Å². The Morgan fingerprint density at radius 3 is 2.41 bits per heavy atom. The van der Waals surface area contributed by atoms with E-state index >= 15 is 0 Å². The van der Waals surface area contributed by atoms with Crippen LogP contribution in [-0.4, -0.2) is 75.9 Å². The average molecular weight is 460 g/mol. The largest absolute Gasteiger partial charge is 0.343 e. The quantitative estimate of drug-likeness (QED) is 0.660. The summed E-state index contributed by atoms with van der Waals surface area (Å²) in [6.07, 6.45) is 3.03. The Morgan fingerprint density at radius 1 is 1.03 bits per heavy atom. The van der Waals surface area contributed by atoms with Crippen molar-refractivity contribution in [2.45, 2.75) is 39.2 Å². The first kappa shape index (κ1) is 22.7. The number of halogens is 1. The number of carbonyl (C=O) groups excluding carboxylic acids is 2. The van der Waals surface area contributed by atoms with E-state index in [2.05, 4.69) is 22.0 Å². The number of nitrogens with zero attached hydrogens (tertiary/aromatic N) is 5. The Kier molecular flexibility index (Phi) is 7.42. The van der Waals surface area contributed by atoms with Crippen molar-refractivity contribution in [3.63, 3.8) is 0 Å². The summed E-state index contributed by atoms with van der Waals surface area (Å²) in [6.45, 7) is 7.29. The first-order valence-corrected chi connectivity index (χ1v) is 11.7. The summed E-state index contributed by atoms with van der Waals surface area (Å²) in [5, 5.41) is 4.70. The van der Waals surface area contributed by atoms with Gasteiger partial charge in [0.05, 0.1) is 6.54 Å². The van der Waals surface area contributed by atoms with Gasteiger partial charge in [-0.3, -0.25) is 14.5 Å². The zero-order valence-corrected chi connectivity index (χ0v) is 19.3. The van der Waals surface area contributed by atoms with Gasteiger partial charge < -0.3 is 14.3 Å². The van der Waals surface area contributed by atoms with Gasteiger partial charge in [-0.1, -0.05) is 23.7 Å². The summed E-state index contributed by atoms with van der Waals surface area (Å²) in [7, 11) is 0. The lowest BCUT2D eigenvalue weighted by Crippen LogP contribution is -2.48. The summed E-state index contributed by atoms with van der Waals surface area (Å²) in [6, 6.07) is 6.99. The Bertz CT molecular complexity index is 916. The van der Waals surface area contributed by atoms with Gasteiger partial charge in [-0.2, -0.15) is 4.98 Å². The van der Waals surface area contributed by atoms with Gasteiger partial charge in [0, 0.05) is 62.7 Å². The fourth-order valence-electron chi connectivity index (χ4n) is 4.17. The zero-order valence-electron chi connectivity index (χ0n) is 18.5. The molecule has 0 atom stereocenters. The second-order valence-corrected chi connectivity index (χ2v) is 9.18. The smallest absolute Gasteiger partial charge is 0.253 e. The van der Waals surface area contributed by atoms with Crippen molar-refractivity contribution in [3.8, 4) is 0 Å². The summed E-state index contributed by atoms with van der Waals surface area (Å²) in [4.78, 5) is 35.5. The number of rotatable bonds is 6. The molecule has 0 aliphatic carbocycles. The molecule has 172 valence electrons. The topological polar surface area (TPSA) is 82.8 Å². The lowest BCUT2D eigenvalue weighted by Gasteiger charge is -2.34. The number of aromatic nitrogens is 2.